The first-order chi connectivity index (χ1) is 10.6. The molecular weight excluding hydrogens is 280 g/mol. The van der Waals surface area contributed by atoms with Gasteiger partial charge in [0, 0.05) is 23.4 Å². The number of benzene rings is 2. The molecule has 0 unspecified atom stereocenters. The molecule has 0 aliphatic rings. The zero-order valence-corrected chi connectivity index (χ0v) is 12.1. The molecule has 22 heavy (non-hydrogen) atoms. The van der Waals surface area contributed by atoms with Gasteiger partial charge in [0.15, 0.2) is 5.78 Å². The topological polar surface area (TPSA) is 95.4 Å². The van der Waals surface area contributed by atoms with Gasteiger partial charge in [0.1, 0.15) is 0 Å². The Morgan fingerprint density at radius 2 is 1.32 bits per heavy atom. The lowest BCUT2D eigenvalue weighted by Crippen LogP contribution is -2.08. The number of hydrogen-bond donors (Lipinski definition) is 2. The van der Waals surface area contributed by atoms with Crippen molar-refractivity contribution in [1.29, 1.82) is 0 Å². The van der Waals surface area contributed by atoms with Crippen LogP contribution in [0.4, 0.5) is 11.4 Å². The molecule has 5 heteroatoms. The van der Waals surface area contributed by atoms with Crippen LogP contribution in [0.1, 0.15) is 33.6 Å². The summed E-state index contributed by atoms with van der Waals surface area (Å²) in [5.74, 6) is -0.413. The van der Waals surface area contributed by atoms with Gasteiger partial charge in [-0.1, -0.05) is 0 Å². The van der Waals surface area contributed by atoms with E-state index in [0.717, 1.165) is 0 Å². The van der Waals surface area contributed by atoms with Crippen LogP contribution < -0.4 is 11.5 Å². The van der Waals surface area contributed by atoms with Crippen molar-refractivity contribution in [3.05, 3.63) is 59.7 Å². The summed E-state index contributed by atoms with van der Waals surface area (Å²) < 4.78 is 5.12. The highest BCUT2D eigenvalue weighted by atomic mass is 16.5. The molecule has 4 N–H and O–H groups in total. The van der Waals surface area contributed by atoms with Crippen LogP contribution in [-0.2, 0) is 4.74 Å². The zero-order chi connectivity index (χ0) is 15.9. The maximum absolute atomic E-state index is 11.9. The quantitative estimate of drug-likeness (QED) is 0.370. The molecule has 0 amide bonds. The van der Waals surface area contributed by atoms with Crippen molar-refractivity contribution in [2.24, 2.45) is 0 Å². The number of rotatable bonds is 6. The van der Waals surface area contributed by atoms with Crippen LogP contribution in [0.15, 0.2) is 48.5 Å². The summed E-state index contributed by atoms with van der Waals surface area (Å²) in [6, 6.07) is 13.3. The molecule has 0 spiro atoms. The SMILES string of the molecule is Nc1ccc(C(=O)CCCOC(=O)c2ccc(N)cc2)cc1. The van der Waals surface area contributed by atoms with Crippen molar-refractivity contribution in [2.75, 3.05) is 18.1 Å². The molecule has 0 saturated carbocycles. The third kappa shape index (κ3) is 4.34. The van der Waals surface area contributed by atoms with Gasteiger partial charge in [0.05, 0.1) is 12.2 Å². The smallest absolute Gasteiger partial charge is 0.338 e. The van der Waals surface area contributed by atoms with Crippen LogP contribution >= 0.6 is 0 Å². The number of nitrogens with two attached hydrogens (primary N) is 2. The highest BCUT2D eigenvalue weighted by Crippen LogP contribution is 2.10. The number of carbonyl (C=O) groups excluding carboxylic acids is 2. The standard InChI is InChI=1S/C17H18N2O3/c18-14-7-3-12(4-8-14)16(20)2-1-11-22-17(21)13-5-9-15(19)10-6-13/h3-10H,1-2,11,18-19H2. The van der Waals surface area contributed by atoms with Gasteiger partial charge in [0.2, 0.25) is 0 Å². The van der Waals surface area contributed by atoms with Gasteiger partial charge < -0.3 is 16.2 Å². The van der Waals surface area contributed by atoms with E-state index in [1.165, 1.54) is 0 Å². The van der Waals surface area contributed by atoms with E-state index in [0.29, 0.717) is 35.3 Å². The van der Waals surface area contributed by atoms with E-state index >= 15 is 0 Å². The molecule has 0 radical (unpaired) electrons. The van der Waals surface area contributed by atoms with Crippen molar-refractivity contribution in [2.45, 2.75) is 12.8 Å². The lowest BCUT2D eigenvalue weighted by Gasteiger charge is -2.05. The minimum absolute atomic E-state index is 0.00327. The fraction of sp³-hybridized carbons (Fsp3) is 0.176. The molecule has 0 aliphatic carbocycles. The maximum Gasteiger partial charge on any atom is 0.338 e. The molecule has 0 fully saturated rings. The van der Waals surface area contributed by atoms with Gasteiger partial charge in [-0.2, -0.15) is 0 Å². The monoisotopic (exact) mass is 298 g/mol. The summed E-state index contributed by atoms with van der Waals surface area (Å²) in [6.07, 6.45) is 0.795. The van der Waals surface area contributed by atoms with Crippen LogP contribution in [0.2, 0.25) is 0 Å². The maximum atomic E-state index is 11.9. The van der Waals surface area contributed by atoms with E-state index in [1.807, 2.05) is 0 Å². The molecule has 2 aromatic carbocycles. The number of nitrogen functional groups attached to an aromatic ring is 2. The molecular formula is C17H18N2O3. The highest BCUT2D eigenvalue weighted by Gasteiger charge is 2.08. The summed E-state index contributed by atoms with van der Waals surface area (Å²) in [7, 11) is 0. The second kappa shape index (κ2) is 7.26. The number of Topliss-reactive ketones (excluding diaryl/α,β-unsaturated/α-hetero) is 1. The Kier molecular flexibility index (Phi) is 5.14. The van der Waals surface area contributed by atoms with E-state index in [-0.39, 0.29) is 12.4 Å². The van der Waals surface area contributed by atoms with E-state index in [2.05, 4.69) is 0 Å². The van der Waals surface area contributed by atoms with Crippen molar-refractivity contribution < 1.29 is 14.3 Å². The predicted molar refractivity (Wildman–Crippen MR) is 85.6 cm³/mol. The first kappa shape index (κ1) is 15.6. The molecule has 0 bridgehead atoms. The Morgan fingerprint density at radius 3 is 1.86 bits per heavy atom. The largest absolute Gasteiger partial charge is 0.462 e. The van der Waals surface area contributed by atoms with Gasteiger partial charge in [-0.25, -0.2) is 4.79 Å². The van der Waals surface area contributed by atoms with Crippen molar-refractivity contribution in [1.82, 2.24) is 0 Å². The van der Waals surface area contributed by atoms with Crippen molar-refractivity contribution in [3.63, 3.8) is 0 Å². The number of carbonyl (C=O) groups is 2. The Hall–Kier alpha value is -2.82. The van der Waals surface area contributed by atoms with Gasteiger partial charge in [-0.05, 0) is 55.0 Å². The third-order valence-corrected chi connectivity index (χ3v) is 3.16. The van der Waals surface area contributed by atoms with Gasteiger partial charge in [0.25, 0.3) is 0 Å². The second-order valence-corrected chi connectivity index (χ2v) is 4.91. The molecule has 5 nitrogen and oxygen atoms in total. The number of ether oxygens (including phenoxy) is 1. The fourth-order valence-electron chi connectivity index (χ4n) is 1.91. The van der Waals surface area contributed by atoms with Gasteiger partial charge >= 0.3 is 5.97 Å². The van der Waals surface area contributed by atoms with Gasteiger partial charge in [-0.15, -0.1) is 0 Å². The van der Waals surface area contributed by atoms with Crippen LogP contribution in [-0.4, -0.2) is 18.4 Å². The minimum atomic E-state index is -0.417. The molecule has 114 valence electrons. The average molecular weight is 298 g/mol. The Bertz CT molecular complexity index is 589. The third-order valence-electron chi connectivity index (χ3n) is 3.16. The Morgan fingerprint density at radius 1 is 0.818 bits per heavy atom. The summed E-state index contributed by atoms with van der Waals surface area (Å²) in [4.78, 5) is 23.7. The number of ketones is 1. The molecule has 2 aromatic rings. The number of hydrogen-bond acceptors (Lipinski definition) is 5. The summed E-state index contributed by atoms with van der Waals surface area (Å²) in [6.45, 7) is 0.198. The molecule has 0 aromatic heterocycles. The zero-order valence-electron chi connectivity index (χ0n) is 12.1. The van der Waals surface area contributed by atoms with E-state index in [4.69, 9.17) is 16.2 Å². The Labute approximate surface area is 128 Å². The average Bonchev–Trinajstić information content (AvgIpc) is 2.52. The predicted octanol–water partition coefficient (Wildman–Crippen LogP) is 2.67. The van der Waals surface area contributed by atoms with Crippen LogP contribution in [0, 0.1) is 0 Å². The normalized spacial score (nSPS) is 10.2. The lowest BCUT2D eigenvalue weighted by atomic mass is 10.1. The second-order valence-electron chi connectivity index (χ2n) is 4.91. The minimum Gasteiger partial charge on any atom is -0.462 e. The van der Waals surface area contributed by atoms with Gasteiger partial charge in [-0.3, -0.25) is 4.79 Å². The van der Waals surface area contributed by atoms with Crippen molar-refractivity contribution in [3.8, 4) is 0 Å². The molecule has 0 heterocycles. The summed E-state index contributed by atoms with van der Waals surface area (Å²) >= 11 is 0. The first-order valence-corrected chi connectivity index (χ1v) is 6.97. The first-order valence-electron chi connectivity index (χ1n) is 6.97. The number of esters is 1. The van der Waals surface area contributed by atoms with E-state index in [9.17, 15) is 9.59 Å². The van der Waals surface area contributed by atoms with E-state index < -0.39 is 5.97 Å². The number of anilines is 2. The van der Waals surface area contributed by atoms with Crippen LogP contribution in [0.5, 0.6) is 0 Å². The van der Waals surface area contributed by atoms with Crippen LogP contribution in [0.3, 0.4) is 0 Å². The molecule has 2 rings (SSSR count). The molecule has 0 atom stereocenters. The molecule has 0 saturated heterocycles. The lowest BCUT2D eigenvalue weighted by molar-refractivity contribution is 0.0494. The molecule has 0 aliphatic heterocycles. The van der Waals surface area contributed by atoms with Crippen LogP contribution in [0.25, 0.3) is 0 Å². The fourth-order valence-corrected chi connectivity index (χ4v) is 1.91. The van der Waals surface area contributed by atoms with E-state index in [1.54, 1.807) is 48.5 Å². The highest BCUT2D eigenvalue weighted by molar-refractivity contribution is 5.96. The summed E-state index contributed by atoms with van der Waals surface area (Å²) in [5, 5.41) is 0. The summed E-state index contributed by atoms with van der Waals surface area (Å²) in [5.41, 5.74) is 13.4. The van der Waals surface area contributed by atoms with Crippen molar-refractivity contribution >= 4 is 23.1 Å². The Balaban J connectivity index is 1.74.